The Hall–Kier alpha value is -2.61. The first-order valence-corrected chi connectivity index (χ1v) is 12.0. The molecule has 0 spiro atoms. The molecule has 1 aromatic heterocycles. The molecule has 0 saturated carbocycles. The molecule has 2 aromatic carbocycles. The Morgan fingerprint density at radius 2 is 1.77 bits per heavy atom. The lowest BCUT2D eigenvalue weighted by Gasteiger charge is -2.16. The molecule has 2 N–H and O–H groups in total. The van der Waals surface area contributed by atoms with E-state index in [2.05, 4.69) is 5.32 Å². The monoisotopic (exact) mass is 460 g/mol. The number of aliphatic hydroxyl groups is 1. The summed E-state index contributed by atoms with van der Waals surface area (Å²) in [5, 5.41) is 13.4. The zero-order chi connectivity index (χ0) is 22.9. The summed E-state index contributed by atoms with van der Waals surface area (Å²) in [4.78, 5) is 13.2. The number of hydrogen-bond donors (Lipinski definition) is 2. The number of nitrogens with one attached hydrogen (secondary N) is 1. The molecule has 1 amide bonds. The molecule has 0 radical (unpaired) electrons. The number of sulfone groups is 1. The number of carbonyl (C=O) groups excluding carboxylic acids is 1. The molecule has 1 atom stereocenters. The number of amides is 1. The summed E-state index contributed by atoms with van der Waals surface area (Å²) < 4.78 is 25.2. The molecule has 8 heteroatoms. The van der Waals surface area contributed by atoms with E-state index in [1.54, 1.807) is 31.2 Å². The predicted octanol–water partition coefficient (Wildman–Crippen LogP) is 4.33. The molecule has 1 unspecified atom stereocenters. The molecule has 3 rings (SSSR count). The maximum Gasteiger partial charge on any atom is 0.257 e. The highest BCUT2D eigenvalue weighted by atomic mass is 35.5. The summed E-state index contributed by atoms with van der Waals surface area (Å²) in [5.41, 5.74) is 4.32. The van der Waals surface area contributed by atoms with Crippen molar-refractivity contribution in [2.45, 2.75) is 38.2 Å². The summed E-state index contributed by atoms with van der Waals surface area (Å²) in [5.74, 6) is -0.318. The lowest BCUT2D eigenvalue weighted by molar-refractivity contribution is 0.102. The normalized spacial score (nSPS) is 12.6. The lowest BCUT2D eigenvalue weighted by Crippen LogP contribution is -2.13. The average Bonchev–Trinajstić information content (AvgIpc) is 2.97. The molecular formula is C23H25ClN2O4S. The Balaban J connectivity index is 1.99. The van der Waals surface area contributed by atoms with E-state index in [1.165, 1.54) is 12.1 Å². The van der Waals surface area contributed by atoms with E-state index in [1.807, 2.05) is 30.5 Å². The van der Waals surface area contributed by atoms with Crippen LogP contribution in [0.3, 0.4) is 0 Å². The predicted molar refractivity (Wildman–Crippen MR) is 123 cm³/mol. The Morgan fingerprint density at radius 3 is 2.32 bits per heavy atom. The van der Waals surface area contributed by atoms with Crippen molar-refractivity contribution in [3.63, 3.8) is 0 Å². The van der Waals surface area contributed by atoms with Crippen molar-refractivity contribution in [3.8, 4) is 5.69 Å². The maximum absolute atomic E-state index is 13.0. The number of halogens is 1. The van der Waals surface area contributed by atoms with E-state index in [0.29, 0.717) is 22.7 Å². The highest BCUT2D eigenvalue weighted by Gasteiger charge is 2.21. The van der Waals surface area contributed by atoms with Crippen LogP contribution in [0.1, 0.15) is 34.2 Å². The molecule has 164 valence electrons. The molecule has 0 fully saturated rings. The number of aromatic nitrogens is 1. The van der Waals surface area contributed by atoms with Crippen LogP contribution in [0, 0.1) is 13.8 Å². The molecular weight excluding hydrogens is 436 g/mol. The number of anilines is 1. The van der Waals surface area contributed by atoms with Crippen LogP contribution in [0.25, 0.3) is 5.69 Å². The van der Waals surface area contributed by atoms with Crippen LogP contribution in [0.4, 0.5) is 5.69 Å². The van der Waals surface area contributed by atoms with Crippen LogP contribution >= 0.6 is 11.6 Å². The summed E-state index contributed by atoms with van der Waals surface area (Å²) >= 11 is 6.10. The van der Waals surface area contributed by atoms with E-state index in [0.717, 1.165) is 28.9 Å². The molecule has 6 nitrogen and oxygen atoms in total. The quantitative estimate of drug-likeness (QED) is 0.573. The first-order valence-electron chi connectivity index (χ1n) is 9.74. The maximum atomic E-state index is 13.0. The fourth-order valence-electron chi connectivity index (χ4n) is 3.54. The SMILES string of the molecule is Cc1cc(Cl)ccc1-n1c(CC(C)O)cc(C(=O)Nc2ccc(S(C)(=O)=O)cc2)c1C. The molecule has 0 bridgehead atoms. The van der Waals surface area contributed by atoms with Crippen LogP contribution in [-0.2, 0) is 16.3 Å². The van der Waals surface area contributed by atoms with E-state index < -0.39 is 15.9 Å². The van der Waals surface area contributed by atoms with Gasteiger partial charge in [-0.1, -0.05) is 11.6 Å². The van der Waals surface area contributed by atoms with E-state index in [9.17, 15) is 18.3 Å². The second-order valence-corrected chi connectivity index (χ2v) is 10.2. The van der Waals surface area contributed by atoms with Gasteiger partial charge in [-0.3, -0.25) is 4.79 Å². The van der Waals surface area contributed by atoms with Gasteiger partial charge in [-0.25, -0.2) is 8.42 Å². The summed E-state index contributed by atoms with van der Waals surface area (Å²) in [7, 11) is -3.31. The standard InChI is InChI=1S/C23H25ClN2O4S/c1-14-11-17(24)5-10-22(14)26-16(3)21(13-19(26)12-15(2)27)23(28)25-18-6-8-20(9-7-18)31(4,29)30/h5-11,13,15,27H,12H2,1-4H3,(H,25,28). The van der Waals surface area contributed by atoms with Gasteiger partial charge < -0.3 is 15.0 Å². The molecule has 0 aliphatic carbocycles. The van der Waals surface area contributed by atoms with Gasteiger partial charge in [0.25, 0.3) is 5.91 Å². The molecule has 0 aliphatic heterocycles. The Labute approximate surface area is 187 Å². The minimum absolute atomic E-state index is 0.185. The van der Waals surface area contributed by atoms with Gasteiger partial charge in [0.15, 0.2) is 9.84 Å². The third-order valence-electron chi connectivity index (χ3n) is 5.01. The second-order valence-electron chi connectivity index (χ2n) is 7.70. The number of rotatable bonds is 6. The molecule has 31 heavy (non-hydrogen) atoms. The van der Waals surface area contributed by atoms with Crippen molar-refractivity contribution < 1.29 is 18.3 Å². The van der Waals surface area contributed by atoms with Crippen LogP contribution in [-0.4, -0.2) is 36.4 Å². The van der Waals surface area contributed by atoms with Crippen molar-refractivity contribution in [2.75, 3.05) is 11.6 Å². The van der Waals surface area contributed by atoms with E-state index in [4.69, 9.17) is 11.6 Å². The Kier molecular flexibility index (Phi) is 6.59. The number of carbonyl (C=O) groups is 1. The van der Waals surface area contributed by atoms with Gasteiger partial charge in [0.05, 0.1) is 16.6 Å². The van der Waals surface area contributed by atoms with Gasteiger partial charge in [-0.15, -0.1) is 0 Å². The Morgan fingerprint density at radius 1 is 1.13 bits per heavy atom. The van der Waals surface area contributed by atoms with Gasteiger partial charge in [-0.2, -0.15) is 0 Å². The highest BCUT2D eigenvalue weighted by Crippen LogP contribution is 2.27. The fourth-order valence-corrected chi connectivity index (χ4v) is 4.40. The zero-order valence-electron chi connectivity index (χ0n) is 17.8. The van der Waals surface area contributed by atoms with Crippen molar-refractivity contribution in [3.05, 3.63) is 76.1 Å². The first kappa shape index (κ1) is 23.1. The van der Waals surface area contributed by atoms with Crippen molar-refractivity contribution in [1.82, 2.24) is 4.57 Å². The van der Waals surface area contributed by atoms with Gasteiger partial charge in [0.2, 0.25) is 0 Å². The lowest BCUT2D eigenvalue weighted by atomic mass is 10.1. The summed E-state index contributed by atoms with van der Waals surface area (Å²) in [6.07, 6.45) is 0.925. The highest BCUT2D eigenvalue weighted by molar-refractivity contribution is 7.90. The largest absolute Gasteiger partial charge is 0.393 e. The molecule has 3 aromatic rings. The van der Waals surface area contributed by atoms with Gasteiger partial charge in [0.1, 0.15) is 0 Å². The van der Waals surface area contributed by atoms with E-state index >= 15 is 0 Å². The number of hydrogen-bond acceptors (Lipinski definition) is 4. The molecule has 0 aliphatic rings. The number of aryl methyl sites for hydroxylation is 1. The zero-order valence-corrected chi connectivity index (χ0v) is 19.4. The summed E-state index contributed by atoms with van der Waals surface area (Å²) in [6, 6.07) is 13.3. The van der Waals surface area contributed by atoms with Gasteiger partial charge in [0, 0.05) is 40.5 Å². The molecule has 1 heterocycles. The van der Waals surface area contributed by atoms with Gasteiger partial charge >= 0.3 is 0 Å². The average molecular weight is 461 g/mol. The minimum atomic E-state index is -3.31. The molecule has 0 saturated heterocycles. The van der Waals surface area contributed by atoms with E-state index in [-0.39, 0.29) is 10.8 Å². The number of aliphatic hydroxyl groups excluding tert-OH is 1. The van der Waals surface area contributed by atoms with Crippen molar-refractivity contribution in [2.24, 2.45) is 0 Å². The van der Waals surface area contributed by atoms with Crippen molar-refractivity contribution >= 4 is 33.0 Å². The summed E-state index contributed by atoms with van der Waals surface area (Å²) in [6.45, 7) is 5.49. The third kappa shape index (κ3) is 5.18. The minimum Gasteiger partial charge on any atom is -0.393 e. The topological polar surface area (TPSA) is 88.4 Å². The van der Waals surface area contributed by atoms with Crippen LogP contribution in [0.5, 0.6) is 0 Å². The first-order chi connectivity index (χ1) is 14.5. The van der Waals surface area contributed by atoms with Crippen molar-refractivity contribution in [1.29, 1.82) is 0 Å². The van der Waals surface area contributed by atoms with Crippen LogP contribution in [0.15, 0.2) is 53.4 Å². The second kappa shape index (κ2) is 8.86. The smallest absolute Gasteiger partial charge is 0.257 e. The van der Waals surface area contributed by atoms with Crippen LogP contribution in [0.2, 0.25) is 5.02 Å². The Bertz CT molecular complexity index is 1230. The fraction of sp³-hybridized carbons (Fsp3) is 0.261. The third-order valence-corrected chi connectivity index (χ3v) is 6.38. The van der Waals surface area contributed by atoms with Gasteiger partial charge in [-0.05, 0) is 74.9 Å². The number of nitrogens with zero attached hydrogens (tertiary/aromatic N) is 1. The number of benzene rings is 2. The van der Waals surface area contributed by atoms with Crippen LogP contribution < -0.4 is 5.32 Å².